The predicted molar refractivity (Wildman–Crippen MR) is 91.5 cm³/mol. The van der Waals surface area contributed by atoms with Crippen molar-refractivity contribution in [3.05, 3.63) is 59.7 Å². The molecular formula is C20H15N3O. The van der Waals surface area contributed by atoms with E-state index in [-0.39, 0.29) is 12.8 Å². The first kappa shape index (κ1) is 16.8. The summed E-state index contributed by atoms with van der Waals surface area (Å²) in [7, 11) is 0. The fraction of sp³-hybridized carbons (Fsp3) is 0.150. The SMILES string of the molecule is CC#N.N#CCC1=C(CC#N)c2ccccc2Oc2ccccc21. The van der Waals surface area contributed by atoms with Gasteiger partial charge in [-0.1, -0.05) is 36.4 Å². The van der Waals surface area contributed by atoms with Gasteiger partial charge in [-0.05, 0) is 23.3 Å². The highest BCUT2D eigenvalue weighted by atomic mass is 16.5. The lowest BCUT2D eigenvalue weighted by Crippen LogP contribution is -1.90. The van der Waals surface area contributed by atoms with E-state index >= 15 is 0 Å². The van der Waals surface area contributed by atoms with Gasteiger partial charge in [0.05, 0.1) is 31.0 Å². The molecule has 3 rings (SSSR count). The molecule has 0 N–H and O–H groups in total. The highest BCUT2D eigenvalue weighted by Gasteiger charge is 2.22. The zero-order chi connectivity index (χ0) is 17.4. The highest BCUT2D eigenvalue weighted by molar-refractivity contribution is 5.96. The van der Waals surface area contributed by atoms with Crippen LogP contribution in [-0.2, 0) is 0 Å². The van der Waals surface area contributed by atoms with E-state index < -0.39 is 0 Å². The van der Waals surface area contributed by atoms with Gasteiger partial charge in [-0.15, -0.1) is 0 Å². The lowest BCUT2D eigenvalue weighted by Gasteiger charge is -2.09. The molecule has 4 nitrogen and oxygen atoms in total. The third-order valence-electron chi connectivity index (χ3n) is 3.52. The Morgan fingerprint density at radius 1 is 0.750 bits per heavy atom. The maximum atomic E-state index is 9.16. The molecule has 0 atom stereocenters. The van der Waals surface area contributed by atoms with Gasteiger partial charge < -0.3 is 4.74 Å². The predicted octanol–water partition coefficient (Wildman–Crippen LogP) is 5.06. The molecule has 116 valence electrons. The van der Waals surface area contributed by atoms with E-state index in [1.807, 2.05) is 48.5 Å². The van der Waals surface area contributed by atoms with Crippen LogP contribution in [-0.4, -0.2) is 0 Å². The Morgan fingerprint density at radius 3 is 1.50 bits per heavy atom. The smallest absolute Gasteiger partial charge is 0.135 e. The third kappa shape index (κ3) is 3.43. The van der Waals surface area contributed by atoms with Crippen LogP contribution in [0.5, 0.6) is 11.5 Å². The Balaban J connectivity index is 0.000000647. The zero-order valence-electron chi connectivity index (χ0n) is 13.3. The molecule has 4 heteroatoms. The average Bonchev–Trinajstić information content (AvgIpc) is 2.72. The maximum Gasteiger partial charge on any atom is 0.135 e. The van der Waals surface area contributed by atoms with E-state index in [4.69, 9.17) is 20.5 Å². The summed E-state index contributed by atoms with van der Waals surface area (Å²) in [6.45, 7) is 1.43. The molecular weight excluding hydrogens is 298 g/mol. The Bertz CT molecular complexity index is 825. The van der Waals surface area contributed by atoms with Gasteiger partial charge in [0.25, 0.3) is 0 Å². The molecule has 1 heterocycles. The van der Waals surface area contributed by atoms with Gasteiger partial charge in [0.2, 0.25) is 0 Å². The monoisotopic (exact) mass is 313 g/mol. The first-order valence-electron chi connectivity index (χ1n) is 7.40. The van der Waals surface area contributed by atoms with E-state index in [1.165, 1.54) is 6.92 Å². The minimum Gasteiger partial charge on any atom is -0.456 e. The Hall–Kier alpha value is -3.55. The molecule has 0 amide bonds. The molecule has 0 bridgehead atoms. The fourth-order valence-corrected chi connectivity index (χ4v) is 2.62. The molecule has 0 aliphatic carbocycles. The normalized spacial score (nSPS) is 11.1. The molecule has 0 aromatic heterocycles. The Kier molecular flexibility index (Phi) is 5.73. The number of hydrogen-bond acceptors (Lipinski definition) is 4. The minimum atomic E-state index is 0.256. The van der Waals surface area contributed by atoms with Gasteiger partial charge in [0.15, 0.2) is 0 Å². The summed E-state index contributed by atoms with van der Waals surface area (Å²) in [6, 6.07) is 21.4. The van der Waals surface area contributed by atoms with Crippen molar-refractivity contribution in [2.45, 2.75) is 19.8 Å². The quantitative estimate of drug-likeness (QED) is 0.776. The van der Waals surface area contributed by atoms with Crippen LogP contribution >= 0.6 is 0 Å². The standard InChI is InChI=1S/C18H12N2O.C2H3N/c19-11-9-13-14(10-12-20)16-6-2-4-8-18(16)21-17-7-3-1-5-15(13)17;1-2-3/h1-8H,9-10H2;1H3. The van der Waals surface area contributed by atoms with E-state index in [2.05, 4.69) is 12.1 Å². The molecule has 0 fully saturated rings. The highest BCUT2D eigenvalue weighted by Crippen LogP contribution is 2.44. The molecule has 1 aliphatic rings. The molecule has 0 saturated heterocycles. The minimum absolute atomic E-state index is 0.256. The lowest BCUT2D eigenvalue weighted by molar-refractivity contribution is 0.481. The van der Waals surface area contributed by atoms with Gasteiger partial charge in [-0.3, -0.25) is 0 Å². The van der Waals surface area contributed by atoms with Crippen molar-refractivity contribution < 1.29 is 4.74 Å². The number of hydrogen-bond donors (Lipinski definition) is 0. The number of fused-ring (bicyclic) bond motifs is 2. The summed E-state index contributed by atoms with van der Waals surface area (Å²) >= 11 is 0. The van der Waals surface area contributed by atoms with Gasteiger partial charge >= 0.3 is 0 Å². The van der Waals surface area contributed by atoms with Crippen LogP contribution in [0.25, 0.3) is 11.1 Å². The van der Waals surface area contributed by atoms with Crippen LogP contribution in [0, 0.1) is 34.0 Å². The molecule has 0 unspecified atom stereocenters. The van der Waals surface area contributed by atoms with Crippen molar-refractivity contribution in [1.82, 2.24) is 0 Å². The molecule has 2 aromatic carbocycles. The van der Waals surface area contributed by atoms with Gasteiger partial charge in [0, 0.05) is 18.1 Å². The van der Waals surface area contributed by atoms with Crippen LogP contribution < -0.4 is 4.74 Å². The zero-order valence-corrected chi connectivity index (χ0v) is 13.3. The third-order valence-corrected chi connectivity index (χ3v) is 3.52. The van der Waals surface area contributed by atoms with E-state index in [0.717, 1.165) is 33.8 Å². The second-order valence-corrected chi connectivity index (χ2v) is 4.94. The van der Waals surface area contributed by atoms with Crippen LogP contribution in [0.1, 0.15) is 30.9 Å². The van der Waals surface area contributed by atoms with Crippen molar-refractivity contribution in [3.8, 4) is 29.7 Å². The summed E-state index contributed by atoms with van der Waals surface area (Å²) in [5.74, 6) is 1.45. The van der Waals surface area contributed by atoms with Crippen LogP contribution in [0.3, 0.4) is 0 Å². The van der Waals surface area contributed by atoms with Gasteiger partial charge in [-0.2, -0.15) is 15.8 Å². The summed E-state index contributed by atoms with van der Waals surface area (Å²) in [4.78, 5) is 0. The van der Waals surface area contributed by atoms with E-state index in [0.29, 0.717) is 0 Å². The number of benzene rings is 2. The van der Waals surface area contributed by atoms with E-state index in [9.17, 15) is 0 Å². The second kappa shape index (κ2) is 8.18. The molecule has 0 spiro atoms. The number of nitriles is 3. The Labute approximate surface area is 141 Å². The summed E-state index contributed by atoms with van der Waals surface area (Å²) < 4.78 is 6.00. The van der Waals surface area contributed by atoms with E-state index in [1.54, 1.807) is 6.07 Å². The van der Waals surface area contributed by atoms with Crippen molar-refractivity contribution in [1.29, 1.82) is 15.8 Å². The number of rotatable bonds is 2. The molecule has 0 radical (unpaired) electrons. The first-order valence-corrected chi connectivity index (χ1v) is 7.40. The lowest BCUT2D eigenvalue weighted by atomic mass is 9.91. The van der Waals surface area contributed by atoms with Crippen molar-refractivity contribution in [2.75, 3.05) is 0 Å². The van der Waals surface area contributed by atoms with Crippen molar-refractivity contribution in [3.63, 3.8) is 0 Å². The molecule has 1 aliphatic heterocycles. The summed E-state index contributed by atoms with van der Waals surface area (Å²) in [5.41, 5.74) is 3.53. The number of ether oxygens (including phenoxy) is 1. The number of allylic oxidation sites excluding steroid dienone is 2. The van der Waals surface area contributed by atoms with Crippen LogP contribution in [0.15, 0.2) is 48.5 Å². The van der Waals surface area contributed by atoms with Gasteiger partial charge in [0.1, 0.15) is 11.5 Å². The number of nitrogens with zero attached hydrogens (tertiary/aromatic N) is 3. The Morgan fingerprint density at radius 2 is 1.12 bits per heavy atom. The molecule has 2 aromatic rings. The average molecular weight is 313 g/mol. The summed E-state index contributed by atoms with van der Waals surface area (Å²) in [6.07, 6.45) is 0.511. The maximum absolute atomic E-state index is 9.16. The summed E-state index contributed by atoms with van der Waals surface area (Å²) in [5, 5.41) is 25.6. The first-order chi connectivity index (χ1) is 11.8. The molecule has 0 saturated carbocycles. The molecule has 24 heavy (non-hydrogen) atoms. The topological polar surface area (TPSA) is 80.6 Å². The number of para-hydroxylation sites is 2. The van der Waals surface area contributed by atoms with Gasteiger partial charge in [-0.25, -0.2) is 0 Å². The largest absolute Gasteiger partial charge is 0.456 e. The fourth-order valence-electron chi connectivity index (χ4n) is 2.62. The van der Waals surface area contributed by atoms with Crippen molar-refractivity contribution in [2.24, 2.45) is 0 Å². The van der Waals surface area contributed by atoms with Crippen LogP contribution in [0.2, 0.25) is 0 Å². The van der Waals surface area contributed by atoms with Crippen molar-refractivity contribution >= 4 is 11.1 Å². The second-order valence-electron chi connectivity index (χ2n) is 4.94. The van der Waals surface area contributed by atoms with Crippen LogP contribution in [0.4, 0.5) is 0 Å².